The van der Waals surface area contributed by atoms with Crippen LogP contribution >= 0.6 is 0 Å². The Bertz CT molecular complexity index is 221. The van der Waals surface area contributed by atoms with Crippen molar-refractivity contribution in [2.24, 2.45) is 0 Å². The normalized spacial score (nSPS) is 22.9. The highest BCUT2D eigenvalue weighted by molar-refractivity contribution is 5.17. The minimum Gasteiger partial charge on any atom is -0.374 e. The molecule has 0 spiro atoms. The van der Waals surface area contributed by atoms with Crippen LogP contribution in [0.1, 0.15) is 41.0 Å². The summed E-state index contributed by atoms with van der Waals surface area (Å²) >= 11 is 0. The summed E-state index contributed by atoms with van der Waals surface area (Å²) in [6.07, 6.45) is 1.15. The van der Waals surface area contributed by atoms with Crippen molar-refractivity contribution in [2.75, 3.05) is 13.2 Å². The fourth-order valence-electron chi connectivity index (χ4n) is 1.56. The summed E-state index contributed by atoms with van der Waals surface area (Å²) in [6, 6.07) is 0.513. The number of allylic oxidation sites excluding steroid dienone is 1. The van der Waals surface area contributed by atoms with E-state index in [1.807, 2.05) is 0 Å². The van der Waals surface area contributed by atoms with E-state index in [0.717, 1.165) is 19.6 Å². The van der Waals surface area contributed by atoms with Crippen molar-refractivity contribution in [3.8, 4) is 0 Å². The molecule has 0 aromatic rings. The van der Waals surface area contributed by atoms with Crippen molar-refractivity contribution in [2.45, 2.75) is 52.7 Å². The third-order valence-electron chi connectivity index (χ3n) is 2.52. The molecule has 0 bridgehead atoms. The highest BCUT2D eigenvalue weighted by atomic mass is 16.5. The topological polar surface area (TPSA) is 21.3 Å². The molecule has 1 saturated heterocycles. The van der Waals surface area contributed by atoms with Gasteiger partial charge in [-0.25, -0.2) is 0 Å². The number of ether oxygens (including phenoxy) is 1. The second-order valence-corrected chi connectivity index (χ2v) is 5.31. The van der Waals surface area contributed by atoms with Gasteiger partial charge in [0.15, 0.2) is 0 Å². The summed E-state index contributed by atoms with van der Waals surface area (Å²) in [7, 11) is 0. The first-order chi connectivity index (χ1) is 6.38. The van der Waals surface area contributed by atoms with Crippen LogP contribution in [0.4, 0.5) is 0 Å². The lowest BCUT2D eigenvalue weighted by Crippen LogP contribution is -2.31. The van der Waals surface area contributed by atoms with E-state index in [1.54, 1.807) is 5.57 Å². The maximum absolute atomic E-state index is 5.76. The van der Waals surface area contributed by atoms with Gasteiger partial charge in [0, 0.05) is 12.6 Å². The average molecular weight is 197 g/mol. The molecule has 0 amide bonds. The first-order valence-electron chi connectivity index (χ1n) is 5.41. The zero-order valence-corrected chi connectivity index (χ0v) is 10.1. The van der Waals surface area contributed by atoms with Gasteiger partial charge in [0.25, 0.3) is 0 Å². The minimum atomic E-state index is -0.0184. The lowest BCUT2D eigenvalue weighted by Gasteiger charge is -2.22. The van der Waals surface area contributed by atoms with Gasteiger partial charge in [0.2, 0.25) is 0 Å². The Morgan fingerprint density at radius 3 is 2.50 bits per heavy atom. The van der Waals surface area contributed by atoms with Crippen LogP contribution in [0.15, 0.2) is 11.1 Å². The maximum atomic E-state index is 5.76. The smallest absolute Gasteiger partial charge is 0.0629 e. The van der Waals surface area contributed by atoms with Crippen LogP contribution in [0.2, 0.25) is 0 Å². The quantitative estimate of drug-likeness (QED) is 0.687. The number of rotatable bonds is 2. The zero-order chi connectivity index (χ0) is 10.8. The van der Waals surface area contributed by atoms with Crippen LogP contribution in [0.25, 0.3) is 0 Å². The molecule has 82 valence electrons. The van der Waals surface area contributed by atoms with E-state index in [-0.39, 0.29) is 5.60 Å². The second-order valence-electron chi connectivity index (χ2n) is 5.31. The van der Waals surface area contributed by atoms with Gasteiger partial charge in [-0.2, -0.15) is 0 Å². The van der Waals surface area contributed by atoms with Gasteiger partial charge >= 0.3 is 0 Å². The van der Waals surface area contributed by atoms with Crippen molar-refractivity contribution < 1.29 is 4.74 Å². The molecule has 1 atom stereocenters. The molecule has 1 aliphatic rings. The monoisotopic (exact) mass is 197 g/mol. The molecule has 2 nitrogen and oxygen atoms in total. The molecule has 0 aromatic carbocycles. The highest BCUT2D eigenvalue weighted by Crippen LogP contribution is 2.18. The number of nitrogens with one attached hydrogen (secondary N) is 1. The van der Waals surface area contributed by atoms with Crippen LogP contribution < -0.4 is 5.32 Å². The first kappa shape index (κ1) is 11.7. The minimum absolute atomic E-state index is 0.0184. The number of hydrogen-bond donors (Lipinski definition) is 1. The Kier molecular flexibility index (Phi) is 3.73. The Balaban J connectivity index is 2.34. The molecule has 1 heterocycles. The van der Waals surface area contributed by atoms with Crippen LogP contribution in [0, 0.1) is 0 Å². The molecule has 14 heavy (non-hydrogen) atoms. The summed E-state index contributed by atoms with van der Waals surface area (Å²) < 4.78 is 5.76. The molecule has 0 radical (unpaired) electrons. The lowest BCUT2D eigenvalue weighted by molar-refractivity contribution is -0.0119. The molecule has 0 saturated carbocycles. The van der Waals surface area contributed by atoms with Crippen molar-refractivity contribution in [1.82, 2.24) is 5.32 Å². The van der Waals surface area contributed by atoms with E-state index in [2.05, 4.69) is 39.9 Å². The standard InChI is InChI=1S/C12H23NO/c1-9(2)10-6-11(13-7-10)8-14-12(3,4)5/h11,13H,6-8H2,1-5H3. The van der Waals surface area contributed by atoms with Gasteiger partial charge in [-0.05, 0) is 41.0 Å². The fraction of sp³-hybridized carbons (Fsp3) is 0.833. The third-order valence-corrected chi connectivity index (χ3v) is 2.52. The molecule has 0 aliphatic carbocycles. The molecular formula is C12H23NO. The molecule has 1 unspecified atom stereocenters. The molecule has 1 N–H and O–H groups in total. The molecular weight excluding hydrogens is 174 g/mol. The molecule has 1 fully saturated rings. The summed E-state index contributed by atoms with van der Waals surface area (Å²) in [6.45, 7) is 12.5. The SMILES string of the molecule is CC(C)=C1CNC(COC(C)(C)C)C1. The van der Waals surface area contributed by atoms with Gasteiger partial charge in [-0.1, -0.05) is 11.1 Å². The average Bonchev–Trinajstić information content (AvgIpc) is 2.47. The summed E-state index contributed by atoms with van der Waals surface area (Å²) in [4.78, 5) is 0. The van der Waals surface area contributed by atoms with E-state index in [9.17, 15) is 0 Å². The Hall–Kier alpha value is -0.340. The largest absolute Gasteiger partial charge is 0.374 e. The Labute approximate surface area is 87.7 Å². The van der Waals surface area contributed by atoms with E-state index < -0.39 is 0 Å². The van der Waals surface area contributed by atoms with Crippen LogP contribution in [0.3, 0.4) is 0 Å². The predicted molar refractivity (Wildman–Crippen MR) is 60.5 cm³/mol. The van der Waals surface area contributed by atoms with E-state index >= 15 is 0 Å². The van der Waals surface area contributed by atoms with E-state index in [4.69, 9.17) is 4.74 Å². The molecule has 0 aromatic heterocycles. The third kappa shape index (κ3) is 3.81. The highest BCUT2D eigenvalue weighted by Gasteiger charge is 2.21. The van der Waals surface area contributed by atoms with Crippen LogP contribution in [-0.4, -0.2) is 24.8 Å². The van der Waals surface area contributed by atoms with Crippen LogP contribution in [-0.2, 0) is 4.74 Å². The van der Waals surface area contributed by atoms with Gasteiger partial charge in [0.05, 0.1) is 12.2 Å². The van der Waals surface area contributed by atoms with Gasteiger partial charge in [-0.3, -0.25) is 0 Å². The van der Waals surface area contributed by atoms with Crippen molar-refractivity contribution in [1.29, 1.82) is 0 Å². The Morgan fingerprint density at radius 2 is 2.07 bits per heavy atom. The van der Waals surface area contributed by atoms with Crippen LogP contribution in [0.5, 0.6) is 0 Å². The number of hydrogen-bond acceptors (Lipinski definition) is 2. The van der Waals surface area contributed by atoms with Crippen molar-refractivity contribution in [3.05, 3.63) is 11.1 Å². The lowest BCUT2D eigenvalue weighted by atomic mass is 10.1. The van der Waals surface area contributed by atoms with Crippen molar-refractivity contribution in [3.63, 3.8) is 0 Å². The maximum Gasteiger partial charge on any atom is 0.0629 e. The fourth-order valence-corrected chi connectivity index (χ4v) is 1.56. The van der Waals surface area contributed by atoms with Crippen molar-refractivity contribution >= 4 is 0 Å². The van der Waals surface area contributed by atoms with Gasteiger partial charge in [0.1, 0.15) is 0 Å². The molecule has 1 aliphatic heterocycles. The summed E-state index contributed by atoms with van der Waals surface area (Å²) in [5, 5.41) is 3.48. The Morgan fingerprint density at radius 1 is 1.43 bits per heavy atom. The second kappa shape index (κ2) is 4.45. The molecule has 2 heteroatoms. The predicted octanol–water partition coefficient (Wildman–Crippen LogP) is 2.50. The summed E-state index contributed by atoms with van der Waals surface area (Å²) in [5.41, 5.74) is 2.98. The zero-order valence-electron chi connectivity index (χ0n) is 10.1. The van der Waals surface area contributed by atoms with E-state index in [1.165, 1.54) is 5.57 Å². The van der Waals surface area contributed by atoms with E-state index in [0.29, 0.717) is 6.04 Å². The molecule has 1 rings (SSSR count). The first-order valence-corrected chi connectivity index (χ1v) is 5.41. The summed E-state index contributed by atoms with van der Waals surface area (Å²) in [5.74, 6) is 0. The van der Waals surface area contributed by atoms with Gasteiger partial charge < -0.3 is 10.1 Å². The van der Waals surface area contributed by atoms with Gasteiger partial charge in [-0.15, -0.1) is 0 Å².